The summed E-state index contributed by atoms with van der Waals surface area (Å²) in [6, 6.07) is 2.32. The first-order valence-electron chi connectivity index (χ1n) is 8.18. The van der Waals surface area contributed by atoms with Crippen LogP contribution in [-0.2, 0) is 12.6 Å². The van der Waals surface area contributed by atoms with Gasteiger partial charge in [0.25, 0.3) is 5.91 Å². The maximum atomic E-state index is 13.0. The number of alkyl halides is 3. The average molecular weight is 339 g/mol. The van der Waals surface area contributed by atoms with Crippen molar-refractivity contribution in [2.45, 2.75) is 39.3 Å². The molecular weight excluding hydrogens is 319 g/mol. The zero-order valence-corrected chi connectivity index (χ0v) is 13.7. The smallest absolute Gasteiger partial charge is 0.337 e. The molecule has 1 aliphatic heterocycles. The number of pyridine rings is 1. The van der Waals surface area contributed by atoms with Gasteiger partial charge in [-0.25, -0.2) is 4.98 Å². The Hall–Kier alpha value is -2.05. The van der Waals surface area contributed by atoms with Gasteiger partial charge in [0.2, 0.25) is 0 Å². The van der Waals surface area contributed by atoms with Crippen molar-refractivity contribution < 1.29 is 18.0 Å². The fraction of sp³-hybridized carbons (Fsp3) is 0.529. The highest BCUT2D eigenvalue weighted by Crippen LogP contribution is 2.30. The van der Waals surface area contributed by atoms with Crippen molar-refractivity contribution in [3.63, 3.8) is 0 Å². The van der Waals surface area contributed by atoms with Crippen LogP contribution in [0.15, 0.2) is 18.3 Å². The summed E-state index contributed by atoms with van der Waals surface area (Å²) in [4.78, 5) is 19.0. The number of halogens is 3. The van der Waals surface area contributed by atoms with Crippen molar-refractivity contribution in [3.05, 3.63) is 35.3 Å². The highest BCUT2D eigenvalue weighted by Gasteiger charge is 2.32. The number of aryl methyl sites for hydroxylation is 1. The summed E-state index contributed by atoms with van der Waals surface area (Å²) in [6.45, 7) is 5.26. The first-order valence-corrected chi connectivity index (χ1v) is 8.18. The molecular formula is C17H20F3N3O. The predicted molar refractivity (Wildman–Crippen MR) is 83.9 cm³/mol. The molecule has 1 aliphatic rings. The lowest BCUT2D eigenvalue weighted by atomic mass is 9.99. The van der Waals surface area contributed by atoms with Gasteiger partial charge in [0, 0.05) is 19.3 Å². The lowest BCUT2D eigenvalue weighted by molar-refractivity contribution is -0.137. The van der Waals surface area contributed by atoms with Crippen molar-refractivity contribution in [2.75, 3.05) is 13.1 Å². The molecule has 1 fully saturated rings. The molecule has 130 valence electrons. The van der Waals surface area contributed by atoms with Crippen LogP contribution in [0.3, 0.4) is 0 Å². The van der Waals surface area contributed by atoms with Gasteiger partial charge >= 0.3 is 6.18 Å². The Morgan fingerprint density at radius 1 is 1.29 bits per heavy atom. The van der Waals surface area contributed by atoms with E-state index in [2.05, 4.69) is 11.9 Å². The fourth-order valence-corrected chi connectivity index (χ4v) is 3.10. The summed E-state index contributed by atoms with van der Waals surface area (Å²) in [5.41, 5.74) is 0.385. The van der Waals surface area contributed by atoms with Crippen molar-refractivity contribution in [1.29, 1.82) is 0 Å². The van der Waals surface area contributed by atoms with Gasteiger partial charge in [-0.3, -0.25) is 9.20 Å². The minimum absolute atomic E-state index is 0.231. The average Bonchev–Trinajstić information content (AvgIpc) is 2.91. The normalized spacial score (nSPS) is 16.8. The molecule has 0 spiro atoms. The Morgan fingerprint density at radius 2 is 1.96 bits per heavy atom. The van der Waals surface area contributed by atoms with Crippen LogP contribution in [0.1, 0.15) is 48.4 Å². The number of nitrogens with zero attached hydrogens (tertiary/aromatic N) is 3. The predicted octanol–water partition coefficient (Wildman–Crippen LogP) is 3.79. The van der Waals surface area contributed by atoms with E-state index in [1.807, 2.05) is 6.92 Å². The number of imidazole rings is 1. The Bertz CT molecular complexity index is 758. The SMILES string of the molecule is CCc1nc2ccc(C(F)(F)F)cn2c1C(=O)N1CCC(C)CC1. The van der Waals surface area contributed by atoms with Crippen LogP contribution >= 0.6 is 0 Å². The molecule has 24 heavy (non-hydrogen) atoms. The molecule has 0 bridgehead atoms. The number of hydrogen-bond acceptors (Lipinski definition) is 2. The first kappa shape index (κ1) is 16.8. The number of aromatic nitrogens is 2. The summed E-state index contributed by atoms with van der Waals surface area (Å²) >= 11 is 0. The molecule has 7 heteroatoms. The largest absolute Gasteiger partial charge is 0.417 e. The minimum Gasteiger partial charge on any atom is -0.337 e. The molecule has 0 aliphatic carbocycles. The number of fused-ring (bicyclic) bond motifs is 1. The van der Waals surface area contributed by atoms with E-state index in [0.717, 1.165) is 25.1 Å². The third-order valence-corrected chi connectivity index (χ3v) is 4.63. The third-order valence-electron chi connectivity index (χ3n) is 4.63. The second-order valence-corrected chi connectivity index (χ2v) is 6.38. The highest BCUT2D eigenvalue weighted by atomic mass is 19.4. The summed E-state index contributed by atoms with van der Waals surface area (Å²) in [7, 11) is 0. The van der Waals surface area contributed by atoms with E-state index in [-0.39, 0.29) is 11.6 Å². The molecule has 3 rings (SSSR count). The molecule has 1 saturated heterocycles. The number of carbonyl (C=O) groups excluding carboxylic acids is 1. The highest BCUT2D eigenvalue weighted by molar-refractivity contribution is 5.94. The van der Waals surface area contributed by atoms with E-state index in [1.165, 1.54) is 10.5 Å². The van der Waals surface area contributed by atoms with Gasteiger partial charge in [-0.2, -0.15) is 13.2 Å². The second-order valence-electron chi connectivity index (χ2n) is 6.38. The van der Waals surface area contributed by atoms with Gasteiger partial charge < -0.3 is 4.90 Å². The fourth-order valence-electron chi connectivity index (χ4n) is 3.10. The molecule has 0 saturated carbocycles. The number of likely N-dealkylation sites (tertiary alicyclic amines) is 1. The Labute approximate surface area is 138 Å². The number of hydrogen-bond donors (Lipinski definition) is 0. The Morgan fingerprint density at radius 3 is 2.54 bits per heavy atom. The van der Waals surface area contributed by atoms with Gasteiger partial charge in [-0.15, -0.1) is 0 Å². The van der Waals surface area contributed by atoms with Gasteiger partial charge in [-0.1, -0.05) is 13.8 Å². The zero-order chi connectivity index (χ0) is 17.5. The van der Waals surface area contributed by atoms with Crippen molar-refractivity contribution >= 4 is 11.6 Å². The monoisotopic (exact) mass is 339 g/mol. The Balaban J connectivity index is 2.06. The van der Waals surface area contributed by atoms with E-state index in [4.69, 9.17) is 0 Å². The first-order chi connectivity index (χ1) is 11.3. The molecule has 1 amide bonds. The molecule has 4 nitrogen and oxygen atoms in total. The molecule has 0 aromatic carbocycles. The summed E-state index contributed by atoms with van der Waals surface area (Å²) in [6.07, 6.45) is -1.16. The van der Waals surface area contributed by atoms with Crippen LogP contribution in [0, 0.1) is 5.92 Å². The van der Waals surface area contributed by atoms with Crippen LogP contribution in [0.25, 0.3) is 5.65 Å². The molecule has 3 heterocycles. The van der Waals surface area contributed by atoms with Gasteiger partial charge in [0.05, 0.1) is 11.3 Å². The van der Waals surface area contributed by atoms with Crippen LogP contribution < -0.4 is 0 Å². The van der Waals surface area contributed by atoms with Gasteiger partial charge in [-0.05, 0) is 37.3 Å². The van der Waals surface area contributed by atoms with Crippen LogP contribution in [0.4, 0.5) is 13.2 Å². The van der Waals surface area contributed by atoms with E-state index in [9.17, 15) is 18.0 Å². The lowest BCUT2D eigenvalue weighted by Gasteiger charge is -2.30. The molecule has 0 N–H and O–H groups in total. The Kier molecular flexibility index (Phi) is 4.27. The van der Waals surface area contributed by atoms with Crippen molar-refractivity contribution in [3.8, 4) is 0 Å². The standard InChI is InChI=1S/C17H20F3N3O/c1-3-13-15(16(24)22-8-6-11(2)7-9-22)23-10-12(17(18,19)20)4-5-14(23)21-13/h4-5,10-11H,3,6-9H2,1-2H3. The molecule has 2 aromatic heterocycles. The number of piperidine rings is 1. The maximum absolute atomic E-state index is 13.0. The van der Waals surface area contributed by atoms with Crippen molar-refractivity contribution in [2.24, 2.45) is 5.92 Å². The summed E-state index contributed by atoms with van der Waals surface area (Å²) in [5, 5.41) is 0. The van der Waals surface area contributed by atoms with Gasteiger partial charge in [0.15, 0.2) is 0 Å². The molecule has 0 unspecified atom stereocenters. The van der Waals surface area contributed by atoms with Crippen LogP contribution in [-0.4, -0.2) is 33.3 Å². The molecule has 0 radical (unpaired) electrons. The van der Waals surface area contributed by atoms with Crippen LogP contribution in [0.5, 0.6) is 0 Å². The quantitative estimate of drug-likeness (QED) is 0.835. The summed E-state index contributed by atoms with van der Waals surface area (Å²) in [5.74, 6) is 0.337. The zero-order valence-electron chi connectivity index (χ0n) is 13.7. The minimum atomic E-state index is -4.45. The summed E-state index contributed by atoms with van der Waals surface area (Å²) < 4.78 is 40.3. The third kappa shape index (κ3) is 2.99. The lowest BCUT2D eigenvalue weighted by Crippen LogP contribution is -2.38. The van der Waals surface area contributed by atoms with Crippen molar-refractivity contribution in [1.82, 2.24) is 14.3 Å². The maximum Gasteiger partial charge on any atom is 0.417 e. The van der Waals surface area contributed by atoms with E-state index < -0.39 is 11.7 Å². The number of rotatable bonds is 2. The van der Waals surface area contributed by atoms with E-state index >= 15 is 0 Å². The topological polar surface area (TPSA) is 37.6 Å². The van der Waals surface area contributed by atoms with E-state index in [1.54, 1.807) is 4.90 Å². The van der Waals surface area contributed by atoms with E-state index in [0.29, 0.717) is 36.8 Å². The molecule has 0 atom stereocenters. The van der Waals surface area contributed by atoms with Gasteiger partial charge in [0.1, 0.15) is 11.3 Å². The van der Waals surface area contributed by atoms with Crippen LogP contribution in [0.2, 0.25) is 0 Å². The molecule has 2 aromatic rings. The second kappa shape index (κ2) is 6.11. The number of carbonyl (C=O) groups is 1. The number of amides is 1.